The van der Waals surface area contributed by atoms with Crippen LogP contribution in [0.25, 0.3) is 0 Å². The average molecular weight is 262 g/mol. The summed E-state index contributed by atoms with van der Waals surface area (Å²) in [7, 11) is 0. The number of hydrogen-bond acceptors (Lipinski definition) is 3. The maximum Gasteiger partial charge on any atom is 0.223 e. The lowest BCUT2D eigenvalue weighted by Gasteiger charge is -2.43. The second-order valence-corrected chi connectivity index (χ2v) is 5.58. The molecule has 2 fully saturated rings. The number of nitrogens with one attached hydrogen (secondary N) is 1. The molecular formula is C14H22N4O. The highest BCUT2D eigenvalue weighted by atomic mass is 16.2. The molecule has 1 N–H and O–H groups in total. The van der Waals surface area contributed by atoms with Crippen LogP contribution in [0, 0.1) is 0 Å². The minimum Gasteiger partial charge on any atom is -0.348 e. The number of aromatic amines is 1. The molecule has 2 aliphatic rings. The number of rotatable bonds is 4. The predicted molar refractivity (Wildman–Crippen MR) is 72.7 cm³/mol. The van der Waals surface area contributed by atoms with Crippen molar-refractivity contribution >= 4 is 5.91 Å². The number of imidazole rings is 1. The smallest absolute Gasteiger partial charge is 0.223 e. The van der Waals surface area contributed by atoms with Gasteiger partial charge in [-0.15, -0.1) is 0 Å². The second-order valence-electron chi connectivity index (χ2n) is 5.58. The maximum absolute atomic E-state index is 12.1. The summed E-state index contributed by atoms with van der Waals surface area (Å²) < 4.78 is 0. The highest BCUT2D eigenvalue weighted by Gasteiger charge is 2.29. The van der Waals surface area contributed by atoms with Gasteiger partial charge in [0.2, 0.25) is 5.91 Å². The summed E-state index contributed by atoms with van der Waals surface area (Å²) in [6.45, 7) is 3.91. The zero-order valence-electron chi connectivity index (χ0n) is 11.3. The quantitative estimate of drug-likeness (QED) is 0.882. The molecule has 0 atom stereocenters. The van der Waals surface area contributed by atoms with Crippen molar-refractivity contribution in [1.29, 1.82) is 0 Å². The summed E-state index contributed by atoms with van der Waals surface area (Å²) in [5, 5.41) is 0. The third-order valence-corrected chi connectivity index (χ3v) is 4.42. The number of nitrogens with zero attached hydrogens (tertiary/aromatic N) is 3. The van der Waals surface area contributed by atoms with Crippen LogP contribution in [0.2, 0.25) is 0 Å². The number of aryl methyl sites for hydroxylation is 1. The van der Waals surface area contributed by atoms with E-state index < -0.39 is 0 Å². The molecule has 0 unspecified atom stereocenters. The van der Waals surface area contributed by atoms with Crippen molar-refractivity contribution in [2.24, 2.45) is 0 Å². The number of H-pyrrole nitrogens is 1. The molecule has 1 aromatic rings. The number of aromatic nitrogens is 2. The molecule has 3 rings (SSSR count). The van der Waals surface area contributed by atoms with Crippen LogP contribution in [0.15, 0.2) is 12.5 Å². The molecule has 5 nitrogen and oxygen atoms in total. The monoisotopic (exact) mass is 262 g/mol. The SMILES string of the molecule is O=C(CCc1cnc[nH]1)N1CCN(C2CCC2)CC1. The Bertz CT molecular complexity index is 405. The summed E-state index contributed by atoms with van der Waals surface area (Å²) >= 11 is 0. The van der Waals surface area contributed by atoms with Gasteiger partial charge < -0.3 is 9.88 Å². The Labute approximate surface area is 114 Å². The Morgan fingerprint density at radius 3 is 2.68 bits per heavy atom. The number of amides is 1. The van der Waals surface area contributed by atoms with Crippen molar-refractivity contribution in [2.75, 3.05) is 26.2 Å². The van der Waals surface area contributed by atoms with E-state index in [1.165, 1.54) is 19.3 Å². The van der Waals surface area contributed by atoms with Gasteiger partial charge in [-0.3, -0.25) is 9.69 Å². The van der Waals surface area contributed by atoms with Crippen LogP contribution in [0.4, 0.5) is 0 Å². The number of hydrogen-bond donors (Lipinski definition) is 1. The van der Waals surface area contributed by atoms with Crippen LogP contribution in [-0.4, -0.2) is 57.9 Å². The maximum atomic E-state index is 12.1. The zero-order valence-corrected chi connectivity index (χ0v) is 11.3. The van der Waals surface area contributed by atoms with Crippen molar-refractivity contribution in [3.05, 3.63) is 18.2 Å². The molecule has 0 radical (unpaired) electrons. The van der Waals surface area contributed by atoms with E-state index >= 15 is 0 Å². The van der Waals surface area contributed by atoms with Gasteiger partial charge in [0.05, 0.1) is 6.33 Å². The normalized spacial score (nSPS) is 21.4. The first-order valence-electron chi connectivity index (χ1n) is 7.32. The van der Waals surface area contributed by atoms with Gasteiger partial charge in [0, 0.05) is 50.5 Å². The fraction of sp³-hybridized carbons (Fsp3) is 0.714. The van der Waals surface area contributed by atoms with E-state index in [9.17, 15) is 4.79 Å². The van der Waals surface area contributed by atoms with Crippen LogP contribution >= 0.6 is 0 Å². The fourth-order valence-corrected chi connectivity index (χ4v) is 2.91. The number of piperazine rings is 1. The lowest BCUT2D eigenvalue weighted by Crippen LogP contribution is -2.53. The molecule has 1 aliphatic heterocycles. The van der Waals surface area contributed by atoms with Gasteiger partial charge in [-0.2, -0.15) is 0 Å². The Kier molecular flexibility index (Phi) is 3.82. The van der Waals surface area contributed by atoms with E-state index in [-0.39, 0.29) is 5.91 Å². The number of carbonyl (C=O) groups is 1. The summed E-state index contributed by atoms with van der Waals surface area (Å²) in [5.74, 6) is 0.280. The minimum absolute atomic E-state index is 0.280. The fourth-order valence-electron chi connectivity index (χ4n) is 2.91. The Balaban J connectivity index is 1.41. The van der Waals surface area contributed by atoms with Gasteiger partial charge >= 0.3 is 0 Å². The van der Waals surface area contributed by atoms with E-state index in [1.807, 2.05) is 4.90 Å². The molecular weight excluding hydrogens is 240 g/mol. The van der Waals surface area contributed by atoms with Crippen LogP contribution in [0.5, 0.6) is 0 Å². The van der Waals surface area contributed by atoms with E-state index in [2.05, 4.69) is 14.9 Å². The third-order valence-electron chi connectivity index (χ3n) is 4.42. The van der Waals surface area contributed by atoms with Crippen molar-refractivity contribution in [1.82, 2.24) is 19.8 Å². The summed E-state index contributed by atoms with van der Waals surface area (Å²) in [6, 6.07) is 0.808. The highest BCUT2D eigenvalue weighted by Crippen LogP contribution is 2.25. The first-order chi connectivity index (χ1) is 9.33. The van der Waals surface area contributed by atoms with Gasteiger partial charge in [0.15, 0.2) is 0 Å². The van der Waals surface area contributed by atoms with Gasteiger partial charge in [0.25, 0.3) is 0 Å². The van der Waals surface area contributed by atoms with E-state index in [0.717, 1.165) is 44.3 Å². The lowest BCUT2D eigenvalue weighted by atomic mass is 9.91. The van der Waals surface area contributed by atoms with Crippen molar-refractivity contribution in [3.8, 4) is 0 Å². The minimum atomic E-state index is 0.280. The van der Waals surface area contributed by atoms with E-state index in [0.29, 0.717) is 6.42 Å². The molecule has 1 aliphatic carbocycles. The van der Waals surface area contributed by atoms with E-state index in [4.69, 9.17) is 0 Å². The summed E-state index contributed by atoms with van der Waals surface area (Å²) in [6.07, 6.45) is 8.90. The molecule has 0 aromatic carbocycles. The third kappa shape index (κ3) is 2.97. The van der Waals surface area contributed by atoms with Crippen LogP contribution in [0.3, 0.4) is 0 Å². The molecule has 104 valence electrons. The molecule has 1 aromatic heterocycles. The van der Waals surface area contributed by atoms with Crippen molar-refractivity contribution < 1.29 is 4.79 Å². The van der Waals surface area contributed by atoms with Crippen molar-refractivity contribution in [2.45, 2.75) is 38.1 Å². The average Bonchev–Trinajstić information content (AvgIpc) is 2.88. The Hall–Kier alpha value is -1.36. The van der Waals surface area contributed by atoms with Crippen LogP contribution in [-0.2, 0) is 11.2 Å². The van der Waals surface area contributed by atoms with Gasteiger partial charge in [0.1, 0.15) is 0 Å². The van der Waals surface area contributed by atoms with Crippen LogP contribution in [0.1, 0.15) is 31.4 Å². The molecule has 2 heterocycles. The molecule has 0 bridgehead atoms. The summed E-state index contributed by atoms with van der Waals surface area (Å²) in [4.78, 5) is 23.7. The van der Waals surface area contributed by atoms with Crippen molar-refractivity contribution in [3.63, 3.8) is 0 Å². The predicted octanol–water partition coefficient (Wildman–Crippen LogP) is 1.04. The topological polar surface area (TPSA) is 52.2 Å². The van der Waals surface area contributed by atoms with Gasteiger partial charge in [-0.1, -0.05) is 6.42 Å². The van der Waals surface area contributed by atoms with Crippen LogP contribution < -0.4 is 0 Å². The standard InChI is InChI=1S/C14H22N4O/c19-14(5-4-12-10-15-11-16-12)18-8-6-17(7-9-18)13-2-1-3-13/h10-11,13H,1-9H2,(H,15,16). The molecule has 5 heteroatoms. The molecule has 1 amide bonds. The zero-order chi connectivity index (χ0) is 13.1. The first-order valence-corrected chi connectivity index (χ1v) is 7.32. The lowest BCUT2D eigenvalue weighted by molar-refractivity contribution is -0.133. The Morgan fingerprint density at radius 2 is 2.11 bits per heavy atom. The van der Waals surface area contributed by atoms with Gasteiger partial charge in [-0.25, -0.2) is 4.98 Å². The number of carbonyl (C=O) groups excluding carboxylic acids is 1. The van der Waals surface area contributed by atoms with E-state index in [1.54, 1.807) is 12.5 Å². The molecule has 19 heavy (non-hydrogen) atoms. The second kappa shape index (κ2) is 5.74. The molecule has 1 saturated carbocycles. The van der Waals surface area contributed by atoms with Gasteiger partial charge in [-0.05, 0) is 19.3 Å². The Morgan fingerprint density at radius 1 is 1.32 bits per heavy atom. The summed E-state index contributed by atoms with van der Waals surface area (Å²) in [5.41, 5.74) is 1.04. The molecule has 0 spiro atoms. The highest BCUT2D eigenvalue weighted by molar-refractivity contribution is 5.76. The first kappa shape index (κ1) is 12.7. The largest absolute Gasteiger partial charge is 0.348 e. The molecule has 1 saturated heterocycles.